The van der Waals surface area contributed by atoms with E-state index in [9.17, 15) is 0 Å². The standard InChI is InChI=1S/C23H27N5O2/c1-29-19-7-3-15(4-8-19)21-12-22(16-5-9-20(30-2)10-6-16)27-23(26-21)28-13-17(24)11-18(25)14-28/h3-10,12,17-18H,11,13-14,24-25H2,1-2H3/t17-,18+. The number of hydrogen-bond donors (Lipinski definition) is 2. The van der Waals surface area contributed by atoms with Gasteiger partial charge < -0.3 is 25.8 Å². The Hall–Kier alpha value is -3.16. The quantitative estimate of drug-likeness (QED) is 0.673. The normalized spacial score (nSPS) is 18.9. The Labute approximate surface area is 176 Å². The molecule has 2 heterocycles. The lowest BCUT2D eigenvalue weighted by Gasteiger charge is -2.34. The Kier molecular flexibility index (Phi) is 5.83. The van der Waals surface area contributed by atoms with Crippen LogP contribution in [-0.4, -0.2) is 49.4 Å². The smallest absolute Gasteiger partial charge is 0.226 e. The van der Waals surface area contributed by atoms with Crippen molar-refractivity contribution in [3.8, 4) is 34.0 Å². The van der Waals surface area contributed by atoms with Crippen molar-refractivity contribution in [3.05, 3.63) is 54.6 Å². The minimum absolute atomic E-state index is 0.00595. The van der Waals surface area contributed by atoms with E-state index in [4.69, 9.17) is 30.9 Å². The summed E-state index contributed by atoms with van der Waals surface area (Å²) in [6, 6.07) is 17.7. The van der Waals surface area contributed by atoms with Crippen molar-refractivity contribution in [3.63, 3.8) is 0 Å². The van der Waals surface area contributed by atoms with E-state index in [0.717, 1.165) is 40.4 Å². The van der Waals surface area contributed by atoms with Crippen LogP contribution in [-0.2, 0) is 0 Å². The molecule has 2 aromatic carbocycles. The molecule has 1 aliphatic rings. The highest BCUT2D eigenvalue weighted by Gasteiger charge is 2.25. The number of hydrogen-bond acceptors (Lipinski definition) is 7. The van der Waals surface area contributed by atoms with Gasteiger partial charge in [0.15, 0.2) is 0 Å². The van der Waals surface area contributed by atoms with Gasteiger partial charge in [-0.25, -0.2) is 9.97 Å². The van der Waals surface area contributed by atoms with Gasteiger partial charge in [0, 0.05) is 36.3 Å². The van der Waals surface area contributed by atoms with Gasteiger partial charge in [-0.3, -0.25) is 0 Å². The fraction of sp³-hybridized carbons (Fsp3) is 0.304. The first-order chi connectivity index (χ1) is 14.6. The SMILES string of the molecule is COc1ccc(-c2cc(-c3ccc(OC)cc3)nc(N3C[C@H](N)C[C@H](N)C3)n2)cc1. The molecule has 1 aromatic heterocycles. The van der Waals surface area contributed by atoms with Gasteiger partial charge >= 0.3 is 0 Å². The second-order valence-electron chi connectivity index (χ2n) is 7.56. The highest BCUT2D eigenvalue weighted by Crippen LogP contribution is 2.29. The molecule has 3 aromatic rings. The van der Waals surface area contributed by atoms with Crippen molar-refractivity contribution in [1.29, 1.82) is 0 Å². The summed E-state index contributed by atoms with van der Waals surface area (Å²) >= 11 is 0. The van der Waals surface area contributed by atoms with Crippen LogP contribution in [0.5, 0.6) is 11.5 Å². The van der Waals surface area contributed by atoms with Crippen molar-refractivity contribution in [2.24, 2.45) is 11.5 Å². The van der Waals surface area contributed by atoms with Crippen molar-refractivity contribution in [1.82, 2.24) is 9.97 Å². The lowest BCUT2D eigenvalue weighted by molar-refractivity contribution is 0.415. The maximum Gasteiger partial charge on any atom is 0.226 e. The second-order valence-corrected chi connectivity index (χ2v) is 7.56. The maximum atomic E-state index is 6.21. The first kappa shape index (κ1) is 20.1. The second kappa shape index (κ2) is 8.69. The van der Waals surface area contributed by atoms with Gasteiger partial charge in [-0.05, 0) is 61.0 Å². The van der Waals surface area contributed by atoms with Crippen LogP contribution in [0.2, 0.25) is 0 Å². The summed E-state index contributed by atoms with van der Waals surface area (Å²) in [6.45, 7) is 1.36. The summed E-state index contributed by atoms with van der Waals surface area (Å²) in [5.41, 5.74) is 16.1. The van der Waals surface area contributed by atoms with Crippen LogP contribution < -0.4 is 25.8 Å². The van der Waals surface area contributed by atoms with Gasteiger partial charge in [0.1, 0.15) is 11.5 Å². The molecule has 0 spiro atoms. The van der Waals surface area contributed by atoms with Crippen LogP contribution in [0.3, 0.4) is 0 Å². The average Bonchev–Trinajstić information content (AvgIpc) is 2.78. The van der Waals surface area contributed by atoms with Crippen LogP contribution in [0.15, 0.2) is 54.6 Å². The average molecular weight is 406 g/mol. The predicted molar refractivity (Wildman–Crippen MR) is 119 cm³/mol. The molecule has 30 heavy (non-hydrogen) atoms. The molecule has 1 aliphatic heterocycles. The van der Waals surface area contributed by atoms with E-state index >= 15 is 0 Å². The van der Waals surface area contributed by atoms with Crippen molar-refractivity contribution >= 4 is 5.95 Å². The number of ether oxygens (including phenoxy) is 2. The molecule has 0 radical (unpaired) electrons. The monoisotopic (exact) mass is 405 g/mol. The van der Waals surface area contributed by atoms with Gasteiger partial charge in [0.2, 0.25) is 5.95 Å². The highest BCUT2D eigenvalue weighted by molar-refractivity contribution is 5.70. The van der Waals surface area contributed by atoms with Gasteiger partial charge in [-0.1, -0.05) is 0 Å². The number of benzene rings is 2. The fourth-order valence-electron chi connectivity index (χ4n) is 3.74. The lowest BCUT2D eigenvalue weighted by Crippen LogP contribution is -2.52. The first-order valence-electron chi connectivity index (χ1n) is 9.99. The van der Waals surface area contributed by atoms with Gasteiger partial charge in [0.25, 0.3) is 0 Å². The third kappa shape index (κ3) is 4.37. The predicted octanol–water partition coefficient (Wildman–Crippen LogP) is 2.69. The minimum atomic E-state index is 0.00595. The van der Waals surface area contributed by atoms with Crippen LogP contribution in [0.25, 0.3) is 22.5 Å². The zero-order valence-electron chi connectivity index (χ0n) is 17.3. The molecule has 1 saturated heterocycles. The van der Waals surface area contributed by atoms with E-state index in [0.29, 0.717) is 19.0 Å². The number of rotatable bonds is 5. The van der Waals surface area contributed by atoms with E-state index in [1.165, 1.54) is 0 Å². The Bertz CT molecular complexity index is 916. The number of nitrogens with two attached hydrogens (primary N) is 2. The maximum absolute atomic E-state index is 6.21. The van der Waals surface area contributed by atoms with Crippen LogP contribution in [0, 0.1) is 0 Å². The van der Waals surface area contributed by atoms with Crippen LogP contribution in [0.1, 0.15) is 6.42 Å². The Morgan fingerprint density at radius 2 is 1.20 bits per heavy atom. The molecular formula is C23H27N5O2. The van der Waals surface area contributed by atoms with E-state index < -0.39 is 0 Å². The van der Waals surface area contributed by atoms with Gasteiger partial charge in [0.05, 0.1) is 25.6 Å². The number of methoxy groups -OCH3 is 2. The Morgan fingerprint density at radius 1 is 0.767 bits per heavy atom. The minimum Gasteiger partial charge on any atom is -0.497 e. The zero-order chi connectivity index (χ0) is 21.1. The highest BCUT2D eigenvalue weighted by atomic mass is 16.5. The third-order valence-corrected chi connectivity index (χ3v) is 5.28. The number of nitrogens with zero attached hydrogens (tertiary/aromatic N) is 3. The molecule has 1 fully saturated rings. The summed E-state index contributed by atoms with van der Waals surface area (Å²) in [7, 11) is 3.31. The molecule has 156 valence electrons. The lowest BCUT2D eigenvalue weighted by atomic mass is 10.0. The number of piperidine rings is 1. The van der Waals surface area contributed by atoms with E-state index in [1.54, 1.807) is 14.2 Å². The molecular weight excluding hydrogens is 378 g/mol. The van der Waals surface area contributed by atoms with Crippen molar-refractivity contribution in [2.45, 2.75) is 18.5 Å². The van der Waals surface area contributed by atoms with Gasteiger partial charge in [-0.15, -0.1) is 0 Å². The largest absolute Gasteiger partial charge is 0.497 e. The third-order valence-electron chi connectivity index (χ3n) is 5.28. The van der Waals surface area contributed by atoms with Crippen LogP contribution in [0.4, 0.5) is 5.95 Å². The van der Waals surface area contributed by atoms with E-state index in [1.807, 2.05) is 54.6 Å². The van der Waals surface area contributed by atoms with E-state index in [2.05, 4.69) is 4.90 Å². The summed E-state index contributed by atoms with van der Waals surface area (Å²) in [5.74, 6) is 2.24. The molecule has 4 N–H and O–H groups in total. The van der Waals surface area contributed by atoms with Crippen molar-refractivity contribution in [2.75, 3.05) is 32.2 Å². The molecule has 0 saturated carbocycles. The topological polar surface area (TPSA) is 99.5 Å². The molecule has 7 heteroatoms. The summed E-state index contributed by atoms with van der Waals surface area (Å²) < 4.78 is 10.6. The molecule has 0 unspecified atom stereocenters. The molecule has 4 rings (SSSR count). The van der Waals surface area contributed by atoms with Gasteiger partial charge in [-0.2, -0.15) is 0 Å². The summed E-state index contributed by atoms with van der Waals surface area (Å²) in [4.78, 5) is 11.8. The number of aromatic nitrogens is 2. The molecule has 0 bridgehead atoms. The van der Waals surface area contributed by atoms with E-state index in [-0.39, 0.29) is 12.1 Å². The van der Waals surface area contributed by atoms with Crippen molar-refractivity contribution < 1.29 is 9.47 Å². The fourth-order valence-corrected chi connectivity index (χ4v) is 3.74. The Balaban J connectivity index is 1.78. The molecule has 7 nitrogen and oxygen atoms in total. The summed E-state index contributed by atoms with van der Waals surface area (Å²) in [5, 5.41) is 0. The first-order valence-corrected chi connectivity index (χ1v) is 9.99. The Morgan fingerprint density at radius 3 is 1.60 bits per heavy atom. The molecule has 0 amide bonds. The van der Waals surface area contributed by atoms with Crippen LogP contribution >= 0.6 is 0 Å². The zero-order valence-corrected chi connectivity index (χ0v) is 17.3. The molecule has 2 atom stereocenters. The molecule has 0 aliphatic carbocycles. The number of anilines is 1. The summed E-state index contributed by atoms with van der Waals surface area (Å²) in [6.07, 6.45) is 0.806.